The highest BCUT2D eigenvalue weighted by Crippen LogP contribution is 2.16. The minimum Gasteiger partial charge on any atom is -0.408 e. The third kappa shape index (κ3) is 2.64. The summed E-state index contributed by atoms with van der Waals surface area (Å²) in [4.78, 5) is 11.7. The largest absolute Gasteiger partial charge is 0.419 e. The Labute approximate surface area is 106 Å². The average molecular weight is 249 g/mol. The van der Waals surface area contributed by atoms with E-state index in [4.69, 9.17) is 9.52 Å². The van der Waals surface area contributed by atoms with E-state index in [0.717, 1.165) is 23.9 Å². The van der Waals surface area contributed by atoms with Crippen molar-refractivity contribution in [3.63, 3.8) is 0 Å². The molecule has 0 atom stereocenters. The summed E-state index contributed by atoms with van der Waals surface area (Å²) in [5, 5.41) is 9.12. The summed E-state index contributed by atoms with van der Waals surface area (Å²) in [5.74, 6) is -0.309. The Morgan fingerprint density at radius 3 is 2.83 bits per heavy atom. The zero-order chi connectivity index (χ0) is 13.0. The molecule has 4 nitrogen and oxygen atoms in total. The molecule has 0 amide bonds. The standard InChI is InChI=1S/C14H19NO3/c1-2-3-4-5-8-15-12-9-11(10-16)6-7-13(12)18-14(15)17/h6-7,9,16H,2-5,8,10H2,1H3. The molecule has 4 heteroatoms. The SMILES string of the molecule is CCCCCCn1c(=O)oc2ccc(CO)cc21. The van der Waals surface area contributed by atoms with E-state index in [1.807, 2.05) is 6.07 Å². The van der Waals surface area contributed by atoms with Gasteiger partial charge in [-0.05, 0) is 24.1 Å². The molecule has 1 N–H and O–H groups in total. The smallest absolute Gasteiger partial charge is 0.408 e. The number of oxazole rings is 1. The van der Waals surface area contributed by atoms with E-state index >= 15 is 0 Å². The number of unbranched alkanes of at least 4 members (excludes halogenated alkanes) is 3. The van der Waals surface area contributed by atoms with Gasteiger partial charge < -0.3 is 9.52 Å². The summed E-state index contributed by atoms with van der Waals surface area (Å²) in [5.41, 5.74) is 2.17. The number of nitrogens with zero attached hydrogens (tertiary/aromatic N) is 1. The van der Waals surface area contributed by atoms with E-state index in [1.54, 1.807) is 16.7 Å². The number of aromatic nitrogens is 1. The second-order valence-corrected chi connectivity index (χ2v) is 4.54. The lowest BCUT2D eigenvalue weighted by Gasteiger charge is -2.02. The van der Waals surface area contributed by atoms with Gasteiger partial charge in [-0.15, -0.1) is 0 Å². The molecule has 1 heterocycles. The van der Waals surface area contributed by atoms with Crippen molar-refractivity contribution < 1.29 is 9.52 Å². The second-order valence-electron chi connectivity index (χ2n) is 4.54. The number of rotatable bonds is 6. The van der Waals surface area contributed by atoms with Crippen LogP contribution in [0.3, 0.4) is 0 Å². The van der Waals surface area contributed by atoms with E-state index in [1.165, 1.54) is 12.8 Å². The molecule has 0 aliphatic rings. The molecule has 1 aromatic heterocycles. The van der Waals surface area contributed by atoms with Gasteiger partial charge in [0.15, 0.2) is 5.58 Å². The van der Waals surface area contributed by atoms with Gasteiger partial charge in [0, 0.05) is 6.54 Å². The first-order valence-corrected chi connectivity index (χ1v) is 6.49. The van der Waals surface area contributed by atoms with E-state index in [9.17, 15) is 4.79 Å². The zero-order valence-corrected chi connectivity index (χ0v) is 10.7. The Balaban J connectivity index is 2.24. The van der Waals surface area contributed by atoms with Crippen LogP contribution >= 0.6 is 0 Å². The lowest BCUT2D eigenvalue weighted by molar-refractivity contribution is 0.282. The maximum absolute atomic E-state index is 11.7. The molecule has 0 saturated heterocycles. The highest BCUT2D eigenvalue weighted by atomic mass is 16.4. The first kappa shape index (κ1) is 12.9. The minimum absolute atomic E-state index is 0.0227. The summed E-state index contributed by atoms with van der Waals surface area (Å²) >= 11 is 0. The fraction of sp³-hybridized carbons (Fsp3) is 0.500. The molecular formula is C14H19NO3. The average Bonchev–Trinajstić information content (AvgIpc) is 2.70. The number of hydrogen-bond acceptors (Lipinski definition) is 3. The number of aliphatic hydroxyl groups is 1. The highest BCUT2D eigenvalue weighted by Gasteiger charge is 2.09. The molecule has 2 aromatic rings. The molecule has 0 radical (unpaired) electrons. The van der Waals surface area contributed by atoms with E-state index in [2.05, 4.69) is 6.92 Å². The van der Waals surface area contributed by atoms with Gasteiger partial charge in [0.2, 0.25) is 0 Å². The summed E-state index contributed by atoms with van der Waals surface area (Å²) in [6.45, 7) is 2.82. The lowest BCUT2D eigenvalue weighted by Crippen LogP contribution is -2.14. The summed E-state index contributed by atoms with van der Waals surface area (Å²) < 4.78 is 6.84. The van der Waals surface area contributed by atoms with Crippen molar-refractivity contribution in [2.45, 2.75) is 45.8 Å². The second kappa shape index (κ2) is 5.87. The first-order valence-electron chi connectivity index (χ1n) is 6.49. The highest BCUT2D eigenvalue weighted by molar-refractivity contribution is 5.73. The monoisotopic (exact) mass is 249 g/mol. The molecule has 0 fully saturated rings. The number of aliphatic hydroxyl groups excluding tert-OH is 1. The van der Waals surface area contributed by atoms with Gasteiger partial charge in [-0.1, -0.05) is 32.3 Å². The molecule has 0 aliphatic carbocycles. The van der Waals surface area contributed by atoms with Crippen LogP contribution in [0.2, 0.25) is 0 Å². The predicted molar refractivity (Wildman–Crippen MR) is 70.5 cm³/mol. The fourth-order valence-electron chi connectivity index (χ4n) is 2.11. The first-order chi connectivity index (χ1) is 8.76. The van der Waals surface area contributed by atoms with E-state index in [0.29, 0.717) is 12.1 Å². The van der Waals surface area contributed by atoms with Crippen LogP contribution in [-0.2, 0) is 13.2 Å². The molecule has 18 heavy (non-hydrogen) atoms. The van der Waals surface area contributed by atoms with Gasteiger partial charge in [-0.3, -0.25) is 4.57 Å². The van der Waals surface area contributed by atoms with Gasteiger partial charge in [0.1, 0.15) is 0 Å². The van der Waals surface area contributed by atoms with Crippen molar-refractivity contribution >= 4 is 11.1 Å². The van der Waals surface area contributed by atoms with Crippen molar-refractivity contribution in [1.82, 2.24) is 4.57 Å². The number of fused-ring (bicyclic) bond motifs is 1. The van der Waals surface area contributed by atoms with E-state index < -0.39 is 0 Å². The maximum Gasteiger partial charge on any atom is 0.419 e. The summed E-state index contributed by atoms with van der Waals surface area (Å²) in [6.07, 6.45) is 4.46. The van der Waals surface area contributed by atoms with Gasteiger partial charge >= 0.3 is 5.76 Å². The lowest BCUT2D eigenvalue weighted by atomic mass is 10.2. The Hall–Kier alpha value is -1.55. The van der Waals surface area contributed by atoms with Crippen molar-refractivity contribution in [2.75, 3.05) is 0 Å². The molecule has 0 saturated carbocycles. The van der Waals surface area contributed by atoms with Crippen LogP contribution in [0.1, 0.15) is 38.2 Å². The number of aryl methyl sites for hydroxylation is 1. The molecule has 0 spiro atoms. The Bertz CT molecular complexity index is 568. The quantitative estimate of drug-likeness (QED) is 0.801. The number of benzene rings is 1. The van der Waals surface area contributed by atoms with Crippen molar-refractivity contribution in [3.8, 4) is 0 Å². The molecule has 0 unspecified atom stereocenters. The normalized spacial score (nSPS) is 11.2. The topological polar surface area (TPSA) is 55.4 Å². The Morgan fingerprint density at radius 1 is 1.28 bits per heavy atom. The molecule has 1 aromatic carbocycles. The Morgan fingerprint density at radius 2 is 2.11 bits per heavy atom. The molecule has 0 bridgehead atoms. The van der Waals surface area contributed by atoms with Crippen LogP contribution in [0.25, 0.3) is 11.1 Å². The van der Waals surface area contributed by atoms with Crippen molar-refractivity contribution in [1.29, 1.82) is 0 Å². The third-order valence-electron chi connectivity index (χ3n) is 3.15. The van der Waals surface area contributed by atoms with Crippen LogP contribution < -0.4 is 5.76 Å². The predicted octanol–water partition coefficient (Wildman–Crippen LogP) is 2.67. The van der Waals surface area contributed by atoms with Gasteiger partial charge in [0.25, 0.3) is 0 Å². The van der Waals surface area contributed by atoms with Crippen LogP contribution in [0, 0.1) is 0 Å². The fourth-order valence-corrected chi connectivity index (χ4v) is 2.11. The molecular weight excluding hydrogens is 230 g/mol. The van der Waals surface area contributed by atoms with Gasteiger partial charge in [0.05, 0.1) is 12.1 Å². The van der Waals surface area contributed by atoms with Crippen LogP contribution in [-0.4, -0.2) is 9.67 Å². The van der Waals surface area contributed by atoms with Gasteiger partial charge in [-0.25, -0.2) is 4.79 Å². The molecule has 2 rings (SSSR count). The Kier molecular flexibility index (Phi) is 4.20. The van der Waals surface area contributed by atoms with Gasteiger partial charge in [-0.2, -0.15) is 0 Å². The van der Waals surface area contributed by atoms with Crippen LogP contribution in [0.4, 0.5) is 0 Å². The van der Waals surface area contributed by atoms with Crippen LogP contribution in [0.5, 0.6) is 0 Å². The number of hydrogen-bond donors (Lipinski definition) is 1. The van der Waals surface area contributed by atoms with Crippen molar-refractivity contribution in [3.05, 3.63) is 34.3 Å². The maximum atomic E-state index is 11.7. The zero-order valence-electron chi connectivity index (χ0n) is 10.7. The molecule has 0 aliphatic heterocycles. The third-order valence-corrected chi connectivity index (χ3v) is 3.15. The van der Waals surface area contributed by atoms with E-state index in [-0.39, 0.29) is 12.4 Å². The minimum atomic E-state index is -0.309. The van der Waals surface area contributed by atoms with Crippen LogP contribution in [0.15, 0.2) is 27.4 Å². The summed E-state index contributed by atoms with van der Waals surface area (Å²) in [6, 6.07) is 5.33. The molecule has 98 valence electrons. The van der Waals surface area contributed by atoms with Crippen molar-refractivity contribution in [2.24, 2.45) is 0 Å². The summed E-state index contributed by atoms with van der Waals surface area (Å²) in [7, 11) is 0.